The van der Waals surface area contributed by atoms with Crippen molar-refractivity contribution in [2.75, 3.05) is 26.2 Å². The van der Waals surface area contributed by atoms with Gasteiger partial charge in [0.2, 0.25) is 5.91 Å². The smallest absolute Gasteiger partial charge is 0.253 e. The van der Waals surface area contributed by atoms with Crippen molar-refractivity contribution < 1.29 is 9.59 Å². The van der Waals surface area contributed by atoms with Crippen LogP contribution in [0.25, 0.3) is 11.1 Å². The van der Waals surface area contributed by atoms with Crippen molar-refractivity contribution in [2.24, 2.45) is 5.41 Å². The van der Waals surface area contributed by atoms with Crippen LogP contribution in [0.1, 0.15) is 36.2 Å². The molecular formula is C28H31N3O2. The molecule has 0 bridgehead atoms. The molecule has 1 saturated heterocycles. The second-order valence-corrected chi connectivity index (χ2v) is 8.72. The van der Waals surface area contributed by atoms with Gasteiger partial charge < -0.3 is 9.80 Å². The second kappa shape index (κ2) is 9.99. The Hall–Kier alpha value is -3.47. The van der Waals surface area contributed by atoms with Gasteiger partial charge in [0.25, 0.3) is 5.91 Å². The minimum Gasteiger partial charge on any atom is -0.343 e. The molecule has 3 aromatic rings. The molecule has 5 nitrogen and oxygen atoms in total. The Kier molecular flexibility index (Phi) is 6.87. The van der Waals surface area contributed by atoms with Crippen LogP contribution < -0.4 is 0 Å². The van der Waals surface area contributed by atoms with E-state index in [1.165, 1.54) is 0 Å². The summed E-state index contributed by atoms with van der Waals surface area (Å²) in [7, 11) is 0. The molecule has 1 atom stereocenters. The fourth-order valence-electron chi connectivity index (χ4n) is 4.83. The zero-order chi connectivity index (χ0) is 23.3. The predicted octanol–water partition coefficient (Wildman–Crippen LogP) is 4.69. The molecule has 33 heavy (non-hydrogen) atoms. The van der Waals surface area contributed by atoms with E-state index in [0.29, 0.717) is 44.6 Å². The molecule has 0 N–H and O–H groups in total. The third kappa shape index (κ3) is 4.82. The van der Waals surface area contributed by atoms with E-state index >= 15 is 0 Å². The molecule has 1 aliphatic rings. The summed E-state index contributed by atoms with van der Waals surface area (Å²) in [6.45, 7) is 6.38. The molecule has 0 saturated carbocycles. The number of hydrogen-bond acceptors (Lipinski definition) is 3. The summed E-state index contributed by atoms with van der Waals surface area (Å²) in [5.74, 6) is 0.136. The molecule has 2 amide bonds. The van der Waals surface area contributed by atoms with E-state index in [-0.39, 0.29) is 11.8 Å². The van der Waals surface area contributed by atoms with E-state index in [2.05, 4.69) is 23.2 Å². The van der Waals surface area contributed by atoms with Gasteiger partial charge in [-0.15, -0.1) is 0 Å². The summed E-state index contributed by atoms with van der Waals surface area (Å²) in [6, 6.07) is 21.6. The highest BCUT2D eigenvalue weighted by Crippen LogP contribution is 2.37. The van der Waals surface area contributed by atoms with Gasteiger partial charge in [-0.3, -0.25) is 14.6 Å². The van der Waals surface area contributed by atoms with E-state index in [0.717, 1.165) is 16.7 Å². The number of carbonyl (C=O) groups excluding carboxylic acids is 2. The lowest BCUT2D eigenvalue weighted by atomic mass is 9.79. The number of benzene rings is 2. The van der Waals surface area contributed by atoms with E-state index in [1.54, 1.807) is 6.20 Å². The summed E-state index contributed by atoms with van der Waals surface area (Å²) in [5, 5.41) is 0. The summed E-state index contributed by atoms with van der Waals surface area (Å²) in [6.07, 6.45) is 4.89. The van der Waals surface area contributed by atoms with Gasteiger partial charge in [-0.25, -0.2) is 0 Å². The number of pyridine rings is 1. The summed E-state index contributed by atoms with van der Waals surface area (Å²) in [4.78, 5) is 34.9. The molecule has 1 fully saturated rings. The summed E-state index contributed by atoms with van der Waals surface area (Å²) < 4.78 is 0. The van der Waals surface area contributed by atoms with Gasteiger partial charge in [-0.2, -0.15) is 0 Å². The maximum Gasteiger partial charge on any atom is 0.253 e. The third-order valence-corrected chi connectivity index (χ3v) is 6.63. The summed E-state index contributed by atoms with van der Waals surface area (Å²) in [5.41, 5.74) is 3.29. The van der Waals surface area contributed by atoms with Crippen molar-refractivity contribution in [3.05, 3.63) is 90.3 Å². The van der Waals surface area contributed by atoms with Crippen LogP contribution in [0, 0.1) is 5.41 Å². The van der Waals surface area contributed by atoms with E-state index in [4.69, 9.17) is 0 Å². The third-order valence-electron chi connectivity index (χ3n) is 6.63. The van der Waals surface area contributed by atoms with E-state index in [9.17, 15) is 9.59 Å². The van der Waals surface area contributed by atoms with Gasteiger partial charge in [0, 0.05) is 44.1 Å². The van der Waals surface area contributed by atoms with Crippen molar-refractivity contribution in [3.63, 3.8) is 0 Å². The monoisotopic (exact) mass is 441 g/mol. The Morgan fingerprint density at radius 2 is 1.73 bits per heavy atom. The number of amides is 2. The van der Waals surface area contributed by atoms with Crippen molar-refractivity contribution in [1.29, 1.82) is 0 Å². The fraction of sp³-hybridized carbons (Fsp3) is 0.321. The minimum absolute atomic E-state index is 0.00562. The Morgan fingerprint density at radius 3 is 2.42 bits per heavy atom. The number of nitrogens with zero attached hydrogens (tertiary/aromatic N) is 3. The van der Waals surface area contributed by atoms with Gasteiger partial charge in [-0.1, -0.05) is 48.5 Å². The van der Waals surface area contributed by atoms with Crippen LogP contribution in [-0.4, -0.2) is 52.8 Å². The lowest BCUT2D eigenvalue weighted by Gasteiger charge is -2.34. The highest BCUT2D eigenvalue weighted by Gasteiger charge is 2.47. The van der Waals surface area contributed by atoms with Crippen molar-refractivity contribution in [1.82, 2.24) is 14.8 Å². The first kappa shape index (κ1) is 22.7. The van der Waals surface area contributed by atoms with Crippen LogP contribution in [0.15, 0.2) is 79.1 Å². The molecule has 0 radical (unpaired) electrons. The van der Waals surface area contributed by atoms with E-state index < -0.39 is 5.41 Å². The van der Waals surface area contributed by atoms with Crippen molar-refractivity contribution in [2.45, 2.75) is 26.7 Å². The van der Waals surface area contributed by atoms with Crippen LogP contribution in [0.3, 0.4) is 0 Å². The molecular weight excluding hydrogens is 410 g/mol. The molecule has 2 aromatic carbocycles. The average molecular weight is 442 g/mol. The minimum atomic E-state index is -0.621. The van der Waals surface area contributed by atoms with Crippen molar-refractivity contribution >= 4 is 11.8 Å². The molecule has 2 heterocycles. The number of hydrogen-bond donors (Lipinski definition) is 0. The quantitative estimate of drug-likeness (QED) is 0.534. The van der Waals surface area contributed by atoms with Crippen molar-refractivity contribution in [3.8, 4) is 11.1 Å². The Bertz CT molecular complexity index is 1100. The molecule has 5 heteroatoms. The summed E-state index contributed by atoms with van der Waals surface area (Å²) >= 11 is 0. The van der Waals surface area contributed by atoms with Gasteiger partial charge >= 0.3 is 0 Å². The molecule has 1 aromatic heterocycles. The van der Waals surface area contributed by atoms with E-state index in [1.807, 2.05) is 78.4 Å². The van der Waals surface area contributed by atoms with Crippen LogP contribution in [-0.2, 0) is 11.2 Å². The van der Waals surface area contributed by atoms with Gasteiger partial charge in [0.15, 0.2) is 0 Å². The Balaban J connectivity index is 1.64. The molecule has 0 unspecified atom stereocenters. The standard InChI is InChI=1S/C28H31N3O2/c1-3-30(4-2)27(33)28(15-17-31(21-28)26(32)23-11-6-5-7-12-23)19-22-10-8-13-24(18-22)25-14-9-16-29-20-25/h5-14,16,18,20H,3-4,15,17,19,21H2,1-2H3/t28-/m1/s1. The predicted molar refractivity (Wildman–Crippen MR) is 131 cm³/mol. The SMILES string of the molecule is CCN(CC)C(=O)[C@@]1(Cc2cccc(-c3cccnc3)c2)CCN(C(=O)c2ccccc2)C1. The molecule has 1 aliphatic heterocycles. The fourth-order valence-corrected chi connectivity index (χ4v) is 4.83. The zero-order valence-corrected chi connectivity index (χ0v) is 19.4. The zero-order valence-electron chi connectivity index (χ0n) is 19.4. The number of aromatic nitrogens is 1. The second-order valence-electron chi connectivity index (χ2n) is 8.72. The molecule has 170 valence electrons. The molecule has 4 rings (SSSR count). The maximum atomic E-state index is 13.8. The first-order chi connectivity index (χ1) is 16.1. The highest BCUT2D eigenvalue weighted by atomic mass is 16.2. The molecule has 0 aliphatic carbocycles. The van der Waals surface area contributed by atoms with Gasteiger partial charge in [0.1, 0.15) is 0 Å². The lowest BCUT2D eigenvalue weighted by Crippen LogP contribution is -2.47. The largest absolute Gasteiger partial charge is 0.343 e. The molecule has 0 spiro atoms. The van der Waals surface area contributed by atoms with Gasteiger partial charge in [-0.05, 0) is 61.6 Å². The lowest BCUT2D eigenvalue weighted by molar-refractivity contribution is -0.141. The number of carbonyl (C=O) groups is 2. The highest BCUT2D eigenvalue weighted by molar-refractivity contribution is 5.95. The Morgan fingerprint density at radius 1 is 0.970 bits per heavy atom. The van der Waals surface area contributed by atoms with Gasteiger partial charge in [0.05, 0.1) is 5.41 Å². The normalized spacial score (nSPS) is 17.7. The Labute approximate surface area is 196 Å². The topological polar surface area (TPSA) is 53.5 Å². The van der Waals surface area contributed by atoms with Crippen LogP contribution in [0.4, 0.5) is 0 Å². The average Bonchev–Trinajstić information content (AvgIpc) is 3.30. The van der Waals surface area contributed by atoms with Crippen LogP contribution in [0.2, 0.25) is 0 Å². The van der Waals surface area contributed by atoms with Crippen LogP contribution >= 0.6 is 0 Å². The maximum absolute atomic E-state index is 13.8. The number of likely N-dealkylation sites (tertiary alicyclic amines) is 1. The first-order valence-electron chi connectivity index (χ1n) is 11.7. The van der Waals surface area contributed by atoms with Crippen LogP contribution in [0.5, 0.6) is 0 Å². The first-order valence-corrected chi connectivity index (χ1v) is 11.7. The number of rotatable bonds is 7.